The smallest absolute Gasteiger partial charge is 0.323 e. The van der Waals surface area contributed by atoms with Crippen molar-refractivity contribution >= 4 is 5.97 Å². The zero-order chi connectivity index (χ0) is 11.2. The van der Waals surface area contributed by atoms with Crippen LogP contribution < -0.4 is 5.32 Å². The molecule has 0 heterocycles. The molecule has 3 heteroatoms. The summed E-state index contributed by atoms with van der Waals surface area (Å²) in [6, 6.07) is 0. The van der Waals surface area contributed by atoms with Crippen LogP contribution in [0.25, 0.3) is 0 Å². The van der Waals surface area contributed by atoms with Crippen LogP contribution >= 0.6 is 0 Å². The molecule has 82 valence electrons. The van der Waals surface area contributed by atoms with Crippen LogP contribution in [0.15, 0.2) is 12.2 Å². The minimum atomic E-state index is -0.788. The third kappa shape index (κ3) is 4.42. The molecule has 3 nitrogen and oxygen atoms in total. The van der Waals surface area contributed by atoms with Crippen molar-refractivity contribution in [2.45, 2.75) is 45.6 Å². The second-order valence-corrected chi connectivity index (χ2v) is 4.02. The minimum absolute atomic E-state index is 0.651. The molecular formula is C11H21NO2. The van der Waals surface area contributed by atoms with Crippen LogP contribution in [0.1, 0.15) is 40.0 Å². The van der Waals surface area contributed by atoms with Crippen molar-refractivity contribution in [2.75, 3.05) is 6.54 Å². The van der Waals surface area contributed by atoms with Crippen molar-refractivity contribution in [3.63, 3.8) is 0 Å². The van der Waals surface area contributed by atoms with E-state index in [1.165, 1.54) is 0 Å². The summed E-state index contributed by atoms with van der Waals surface area (Å²) >= 11 is 0. The lowest BCUT2D eigenvalue weighted by atomic mass is 9.96. The largest absolute Gasteiger partial charge is 0.480 e. The zero-order valence-corrected chi connectivity index (χ0v) is 9.39. The van der Waals surface area contributed by atoms with E-state index in [-0.39, 0.29) is 0 Å². The Labute approximate surface area is 86.2 Å². The summed E-state index contributed by atoms with van der Waals surface area (Å²) in [6.45, 7) is 10.1. The summed E-state index contributed by atoms with van der Waals surface area (Å²) in [6.07, 6.45) is 2.34. The fourth-order valence-electron chi connectivity index (χ4n) is 1.32. The fraction of sp³-hybridized carbons (Fsp3) is 0.727. The van der Waals surface area contributed by atoms with Gasteiger partial charge in [0.1, 0.15) is 5.54 Å². The number of rotatable bonds is 7. The van der Waals surface area contributed by atoms with Gasteiger partial charge in [-0.15, -0.1) is 6.58 Å². The summed E-state index contributed by atoms with van der Waals surface area (Å²) in [7, 11) is 0. The van der Waals surface area contributed by atoms with E-state index in [0.29, 0.717) is 13.0 Å². The quantitative estimate of drug-likeness (QED) is 0.618. The van der Waals surface area contributed by atoms with E-state index in [0.717, 1.165) is 18.4 Å². The van der Waals surface area contributed by atoms with E-state index >= 15 is 0 Å². The molecule has 0 fully saturated rings. The van der Waals surface area contributed by atoms with Gasteiger partial charge in [0.25, 0.3) is 0 Å². The number of hydrogen-bond acceptors (Lipinski definition) is 2. The Hall–Kier alpha value is -0.830. The molecule has 0 aliphatic heterocycles. The van der Waals surface area contributed by atoms with Crippen molar-refractivity contribution in [1.29, 1.82) is 0 Å². The van der Waals surface area contributed by atoms with Gasteiger partial charge >= 0.3 is 5.97 Å². The standard InChI is InChI=1S/C11H21NO2/c1-5-7-11(4,10(13)14)12-8-6-9(2)3/h12H,2,5-8H2,1,3-4H3,(H,13,14). The van der Waals surface area contributed by atoms with Crippen LogP contribution in [-0.4, -0.2) is 23.2 Å². The average molecular weight is 199 g/mol. The molecule has 0 rings (SSSR count). The maximum atomic E-state index is 11.0. The van der Waals surface area contributed by atoms with Gasteiger partial charge in [-0.05, 0) is 33.2 Å². The van der Waals surface area contributed by atoms with E-state index in [4.69, 9.17) is 5.11 Å². The van der Waals surface area contributed by atoms with E-state index in [1.807, 2.05) is 13.8 Å². The highest BCUT2D eigenvalue weighted by atomic mass is 16.4. The summed E-state index contributed by atoms with van der Waals surface area (Å²) in [4.78, 5) is 11.0. The average Bonchev–Trinajstić information content (AvgIpc) is 2.03. The SMILES string of the molecule is C=C(C)CCNC(C)(CCC)C(=O)O. The molecule has 0 saturated carbocycles. The highest BCUT2D eigenvalue weighted by Crippen LogP contribution is 2.12. The molecule has 0 bridgehead atoms. The maximum absolute atomic E-state index is 11.0. The van der Waals surface area contributed by atoms with Crippen molar-refractivity contribution in [3.8, 4) is 0 Å². The summed E-state index contributed by atoms with van der Waals surface area (Å²) in [5.41, 5.74) is 0.284. The molecule has 0 aliphatic carbocycles. The summed E-state index contributed by atoms with van der Waals surface area (Å²) in [5, 5.41) is 12.1. The van der Waals surface area contributed by atoms with Gasteiger partial charge in [-0.2, -0.15) is 0 Å². The normalized spacial score (nSPS) is 14.8. The zero-order valence-electron chi connectivity index (χ0n) is 9.39. The van der Waals surface area contributed by atoms with Crippen molar-refractivity contribution in [3.05, 3.63) is 12.2 Å². The topological polar surface area (TPSA) is 49.3 Å². The van der Waals surface area contributed by atoms with E-state index in [9.17, 15) is 4.79 Å². The molecule has 0 aliphatic rings. The number of aliphatic carboxylic acids is 1. The van der Waals surface area contributed by atoms with Crippen LogP contribution in [0, 0.1) is 0 Å². The lowest BCUT2D eigenvalue weighted by Crippen LogP contribution is -2.49. The van der Waals surface area contributed by atoms with Crippen LogP contribution in [0.4, 0.5) is 0 Å². The Bertz CT molecular complexity index is 213. The Morgan fingerprint density at radius 2 is 2.14 bits per heavy atom. The van der Waals surface area contributed by atoms with Gasteiger partial charge in [0, 0.05) is 0 Å². The predicted octanol–water partition coefficient (Wildman–Crippen LogP) is 2.19. The lowest BCUT2D eigenvalue weighted by molar-refractivity contribution is -0.144. The van der Waals surface area contributed by atoms with Crippen molar-refractivity contribution in [1.82, 2.24) is 5.32 Å². The van der Waals surface area contributed by atoms with E-state index < -0.39 is 11.5 Å². The summed E-state index contributed by atoms with van der Waals surface area (Å²) < 4.78 is 0. The Kier molecular flexibility index (Phi) is 5.46. The number of carbonyl (C=O) groups is 1. The second-order valence-electron chi connectivity index (χ2n) is 4.02. The summed E-state index contributed by atoms with van der Waals surface area (Å²) in [5.74, 6) is -0.777. The first-order valence-corrected chi connectivity index (χ1v) is 5.05. The van der Waals surface area contributed by atoms with Gasteiger partial charge in [0.2, 0.25) is 0 Å². The Morgan fingerprint density at radius 3 is 2.50 bits per heavy atom. The number of hydrogen-bond donors (Lipinski definition) is 2. The van der Waals surface area contributed by atoms with Crippen molar-refractivity contribution in [2.24, 2.45) is 0 Å². The lowest BCUT2D eigenvalue weighted by Gasteiger charge is -2.25. The van der Waals surface area contributed by atoms with Crippen LogP contribution in [-0.2, 0) is 4.79 Å². The van der Waals surface area contributed by atoms with Crippen LogP contribution in [0.3, 0.4) is 0 Å². The van der Waals surface area contributed by atoms with Crippen molar-refractivity contribution < 1.29 is 9.90 Å². The molecule has 0 aromatic rings. The molecule has 1 unspecified atom stereocenters. The number of carboxylic acid groups (broad SMARTS) is 1. The van der Waals surface area contributed by atoms with Crippen LogP contribution in [0.5, 0.6) is 0 Å². The molecular weight excluding hydrogens is 178 g/mol. The first-order valence-electron chi connectivity index (χ1n) is 5.05. The van der Waals surface area contributed by atoms with Gasteiger partial charge in [-0.25, -0.2) is 0 Å². The molecule has 2 N–H and O–H groups in total. The molecule has 0 radical (unpaired) electrons. The highest BCUT2D eigenvalue weighted by molar-refractivity contribution is 5.78. The highest BCUT2D eigenvalue weighted by Gasteiger charge is 2.30. The Balaban J connectivity index is 4.09. The number of nitrogens with one attached hydrogen (secondary N) is 1. The monoisotopic (exact) mass is 199 g/mol. The Morgan fingerprint density at radius 1 is 1.57 bits per heavy atom. The van der Waals surface area contributed by atoms with Gasteiger partial charge in [0.05, 0.1) is 0 Å². The molecule has 0 spiro atoms. The van der Waals surface area contributed by atoms with Gasteiger partial charge < -0.3 is 10.4 Å². The molecule has 0 saturated heterocycles. The molecule has 0 aromatic carbocycles. The van der Waals surface area contributed by atoms with E-state index in [1.54, 1.807) is 6.92 Å². The minimum Gasteiger partial charge on any atom is -0.480 e. The third-order valence-electron chi connectivity index (χ3n) is 2.29. The molecule has 0 amide bonds. The predicted molar refractivity (Wildman–Crippen MR) is 58.4 cm³/mol. The van der Waals surface area contributed by atoms with E-state index in [2.05, 4.69) is 11.9 Å². The molecule has 1 atom stereocenters. The molecule has 14 heavy (non-hydrogen) atoms. The van der Waals surface area contributed by atoms with Crippen LogP contribution in [0.2, 0.25) is 0 Å². The third-order valence-corrected chi connectivity index (χ3v) is 2.29. The first-order chi connectivity index (χ1) is 6.42. The maximum Gasteiger partial charge on any atom is 0.323 e. The fourth-order valence-corrected chi connectivity index (χ4v) is 1.32. The first kappa shape index (κ1) is 13.2. The number of carboxylic acids is 1. The van der Waals surface area contributed by atoms with Gasteiger partial charge in [-0.1, -0.05) is 18.9 Å². The van der Waals surface area contributed by atoms with Gasteiger partial charge in [-0.3, -0.25) is 4.79 Å². The molecule has 0 aromatic heterocycles. The second kappa shape index (κ2) is 5.81. The van der Waals surface area contributed by atoms with Gasteiger partial charge in [0.15, 0.2) is 0 Å².